The molecule has 2 aromatic rings. The molecule has 3 rings (SSSR count). The normalized spacial score (nSPS) is 23.1. The maximum absolute atomic E-state index is 10.0. The lowest BCUT2D eigenvalue weighted by atomic mass is 10.2. The van der Waals surface area contributed by atoms with Gasteiger partial charge in [0.05, 0.1) is 6.10 Å². The average molecular weight is 276 g/mol. The van der Waals surface area contributed by atoms with E-state index in [-0.39, 0.29) is 12.1 Å². The highest BCUT2D eigenvalue weighted by Crippen LogP contribution is 2.26. The van der Waals surface area contributed by atoms with Crippen LogP contribution in [0.25, 0.3) is 5.78 Å². The van der Waals surface area contributed by atoms with Gasteiger partial charge < -0.3 is 14.9 Å². The molecule has 0 radical (unpaired) electrons. The van der Waals surface area contributed by atoms with Gasteiger partial charge >= 0.3 is 0 Å². The number of aliphatic hydroxyl groups excluding tert-OH is 1. The molecule has 0 spiro atoms. The van der Waals surface area contributed by atoms with E-state index in [1.54, 1.807) is 4.52 Å². The Labute approximate surface area is 117 Å². The monoisotopic (exact) mass is 276 g/mol. The SMILES string of the molecule is Cc1cc(N2CC(O)CC2CN(C)C)n2ncnc2n1. The van der Waals surface area contributed by atoms with E-state index in [1.807, 2.05) is 27.1 Å². The van der Waals surface area contributed by atoms with Crippen LogP contribution >= 0.6 is 0 Å². The van der Waals surface area contributed by atoms with Crippen molar-refractivity contribution < 1.29 is 5.11 Å². The van der Waals surface area contributed by atoms with Crippen molar-refractivity contribution in [1.29, 1.82) is 0 Å². The van der Waals surface area contributed by atoms with Gasteiger partial charge in [-0.15, -0.1) is 0 Å². The number of aromatic nitrogens is 4. The zero-order valence-electron chi connectivity index (χ0n) is 12.1. The maximum Gasteiger partial charge on any atom is 0.254 e. The smallest absolute Gasteiger partial charge is 0.254 e. The number of rotatable bonds is 3. The van der Waals surface area contributed by atoms with Crippen LogP contribution in [0.2, 0.25) is 0 Å². The van der Waals surface area contributed by atoms with Crippen molar-refractivity contribution >= 4 is 11.6 Å². The number of likely N-dealkylation sites (N-methyl/N-ethyl adjacent to an activating group) is 1. The van der Waals surface area contributed by atoms with Gasteiger partial charge in [0.25, 0.3) is 5.78 Å². The predicted molar refractivity (Wildman–Crippen MR) is 75.8 cm³/mol. The molecule has 0 aliphatic carbocycles. The lowest BCUT2D eigenvalue weighted by Gasteiger charge is -2.28. The summed E-state index contributed by atoms with van der Waals surface area (Å²) in [5, 5.41) is 14.3. The number of anilines is 1. The summed E-state index contributed by atoms with van der Waals surface area (Å²) in [7, 11) is 4.09. The summed E-state index contributed by atoms with van der Waals surface area (Å²) in [4.78, 5) is 12.9. The second-order valence-electron chi connectivity index (χ2n) is 5.69. The zero-order chi connectivity index (χ0) is 14.3. The molecule has 0 bridgehead atoms. The van der Waals surface area contributed by atoms with Crippen LogP contribution in [-0.4, -0.2) is 68.9 Å². The number of fused-ring (bicyclic) bond motifs is 1. The van der Waals surface area contributed by atoms with Gasteiger partial charge in [-0.05, 0) is 27.4 Å². The second kappa shape index (κ2) is 4.99. The minimum atomic E-state index is -0.299. The summed E-state index contributed by atoms with van der Waals surface area (Å²) in [5.74, 6) is 1.55. The van der Waals surface area contributed by atoms with Crippen molar-refractivity contribution in [3.63, 3.8) is 0 Å². The lowest BCUT2D eigenvalue weighted by molar-refractivity contribution is 0.191. The molecule has 0 amide bonds. The summed E-state index contributed by atoms with van der Waals surface area (Å²) in [6.07, 6.45) is 1.99. The van der Waals surface area contributed by atoms with Crippen LogP contribution in [0.3, 0.4) is 0 Å². The van der Waals surface area contributed by atoms with E-state index in [0.29, 0.717) is 12.3 Å². The van der Waals surface area contributed by atoms with E-state index in [0.717, 1.165) is 24.5 Å². The van der Waals surface area contributed by atoms with Gasteiger partial charge in [0.15, 0.2) is 0 Å². The molecule has 2 aromatic heterocycles. The first-order valence-corrected chi connectivity index (χ1v) is 6.81. The number of β-amino-alcohol motifs (C(OH)–C–C–N with tert-alkyl or cyclic N) is 1. The molecule has 3 heterocycles. The fourth-order valence-electron chi connectivity index (χ4n) is 2.88. The number of aliphatic hydroxyl groups is 1. The van der Waals surface area contributed by atoms with Gasteiger partial charge in [0, 0.05) is 30.9 Å². The molecule has 7 nitrogen and oxygen atoms in total. The van der Waals surface area contributed by atoms with Crippen molar-refractivity contribution in [3.05, 3.63) is 18.1 Å². The summed E-state index contributed by atoms with van der Waals surface area (Å²) in [5.41, 5.74) is 0.908. The number of hydrogen-bond acceptors (Lipinski definition) is 6. The minimum absolute atomic E-state index is 0.272. The lowest BCUT2D eigenvalue weighted by Crippen LogP contribution is -2.38. The van der Waals surface area contributed by atoms with Crippen LogP contribution in [0, 0.1) is 6.92 Å². The fraction of sp³-hybridized carbons (Fsp3) is 0.615. The van der Waals surface area contributed by atoms with Crippen LogP contribution in [0.4, 0.5) is 5.82 Å². The minimum Gasteiger partial charge on any atom is -0.391 e. The Morgan fingerprint density at radius 3 is 3.00 bits per heavy atom. The van der Waals surface area contributed by atoms with Crippen LogP contribution in [0.15, 0.2) is 12.4 Å². The predicted octanol–water partition coefficient (Wildman–Crippen LogP) is -0.0661. The molecule has 108 valence electrons. The van der Waals surface area contributed by atoms with Gasteiger partial charge in [0.2, 0.25) is 0 Å². The summed E-state index contributed by atoms with van der Waals surface area (Å²) in [6.45, 7) is 3.47. The molecule has 2 atom stereocenters. The highest BCUT2D eigenvalue weighted by atomic mass is 16.3. The highest BCUT2D eigenvalue weighted by Gasteiger charge is 2.33. The van der Waals surface area contributed by atoms with Crippen molar-refractivity contribution in [1.82, 2.24) is 24.5 Å². The molecule has 0 aromatic carbocycles. The van der Waals surface area contributed by atoms with E-state index < -0.39 is 0 Å². The molecule has 7 heteroatoms. The summed E-state index contributed by atoms with van der Waals surface area (Å²) in [6, 6.07) is 2.27. The van der Waals surface area contributed by atoms with Gasteiger partial charge in [0.1, 0.15) is 12.1 Å². The van der Waals surface area contributed by atoms with E-state index in [4.69, 9.17) is 0 Å². The molecule has 1 N–H and O–H groups in total. The number of aryl methyl sites for hydroxylation is 1. The van der Waals surface area contributed by atoms with Crippen LogP contribution in [0.5, 0.6) is 0 Å². The standard InChI is InChI=1S/C13H20N6O/c1-9-4-12(19-13(16-9)14-8-15-19)18-7-11(20)5-10(18)6-17(2)3/h4,8,10-11,20H,5-7H2,1-3H3. The molecule has 0 saturated carbocycles. The van der Waals surface area contributed by atoms with E-state index in [9.17, 15) is 5.11 Å². The Morgan fingerprint density at radius 1 is 1.45 bits per heavy atom. The van der Waals surface area contributed by atoms with Crippen LogP contribution in [-0.2, 0) is 0 Å². The molecular weight excluding hydrogens is 256 g/mol. The maximum atomic E-state index is 10.0. The molecule has 20 heavy (non-hydrogen) atoms. The largest absolute Gasteiger partial charge is 0.391 e. The third-order valence-electron chi connectivity index (χ3n) is 3.62. The van der Waals surface area contributed by atoms with E-state index in [1.165, 1.54) is 6.33 Å². The fourth-order valence-corrected chi connectivity index (χ4v) is 2.88. The zero-order valence-corrected chi connectivity index (χ0v) is 12.1. The Morgan fingerprint density at radius 2 is 2.25 bits per heavy atom. The van der Waals surface area contributed by atoms with Gasteiger partial charge in [-0.3, -0.25) is 0 Å². The molecular formula is C13H20N6O. The van der Waals surface area contributed by atoms with E-state index in [2.05, 4.69) is 24.9 Å². The Balaban J connectivity index is 2.02. The van der Waals surface area contributed by atoms with Gasteiger partial charge in [-0.1, -0.05) is 0 Å². The molecule has 1 fully saturated rings. The van der Waals surface area contributed by atoms with Crippen molar-refractivity contribution in [2.75, 3.05) is 32.1 Å². The Bertz CT molecular complexity index is 610. The van der Waals surface area contributed by atoms with Crippen molar-refractivity contribution in [2.45, 2.75) is 25.5 Å². The third-order valence-corrected chi connectivity index (χ3v) is 3.62. The molecule has 1 aliphatic heterocycles. The quantitative estimate of drug-likeness (QED) is 0.846. The molecule has 1 saturated heterocycles. The van der Waals surface area contributed by atoms with Crippen LogP contribution < -0.4 is 4.90 Å². The van der Waals surface area contributed by atoms with Gasteiger partial charge in [-0.2, -0.15) is 14.6 Å². The first-order valence-electron chi connectivity index (χ1n) is 6.81. The van der Waals surface area contributed by atoms with Crippen LogP contribution in [0.1, 0.15) is 12.1 Å². The number of nitrogens with zero attached hydrogens (tertiary/aromatic N) is 6. The van der Waals surface area contributed by atoms with Crippen molar-refractivity contribution in [3.8, 4) is 0 Å². The molecule has 1 aliphatic rings. The molecule has 2 unspecified atom stereocenters. The first kappa shape index (κ1) is 13.3. The Hall–Kier alpha value is -1.73. The average Bonchev–Trinajstić information content (AvgIpc) is 2.94. The number of hydrogen-bond donors (Lipinski definition) is 1. The highest BCUT2D eigenvalue weighted by molar-refractivity contribution is 5.49. The second-order valence-corrected chi connectivity index (χ2v) is 5.69. The topological polar surface area (TPSA) is 69.8 Å². The van der Waals surface area contributed by atoms with E-state index >= 15 is 0 Å². The summed E-state index contributed by atoms with van der Waals surface area (Å²) < 4.78 is 1.74. The first-order chi connectivity index (χ1) is 9.54. The Kier molecular flexibility index (Phi) is 3.31. The van der Waals surface area contributed by atoms with Gasteiger partial charge in [-0.25, -0.2) is 4.98 Å². The summed E-state index contributed by atoms with van der Waals surface area (Å²) >= 11 is 0. The third kappa shape index (κ3) is 2.34. The van der Waals surface area contributed by atoms with Crippen molar-refractivity contribution in [2.24, 2.45) is 0 Å².